The Labute approximate surface area is 124 Å². The number of aliphatic hydroxyl groups is 1. The Morgan fingerprint density at radius 2 is 1.55 bits per heavy atom. The minimum atomic E-state index is -0.0592. The van der Waals surface area contributed by atoms with E-state index in [1.165, 1.54) is 57.8 Å². The van der Waals surface area contributed by atoms with E-state index in [1.807, 2.05) is 0 Å². The van der Waals surface area contributed by atoms with Crippen molar-refractivity contribution in [3.8, 4) is 0 Å². The molecule has 1 fully saturated rings. The topological polar surface area (TPSA) is 49.3 Å². The molecule has 1 aliphatic rings. The molecule has 0 saturated heterocycles. The number of carbonyl (C=O) groups excluding carboxylic acids is 1. The highest BCUT2D eigenvalue weighted by atomic mass is 16.3. The summed E-state index contributed by atoms with van der Waals surface area (Å²) in [6, 6.07) is 0. The molecule has 0 heterocycles. The third-order valence-corrected chi connectivity index (χ3v) is 4.49. The predicted octanol–water partition coefficient (Wildman–Crippen LogP) is 3.80. The van der Waals surface area contributed by atoms with Crippen molar-refractivity contribution in [2.24, 2.45) is 5.41 Å². The van der Waals surface area contributed by atoms with E-state index in [9.17, 15) is 4.79 Å². The second kappa shape index (κ2) is 10.2. The van der Waals surface area contributed by atoms with E-state index in [1.54, 1.807) is 0 Å². The molecule has 0 aromatic rings. The van der Waals surface area contributed by atoms with Crippen LogP contribution in [0.2, 0.25) is 0 Å². The number of hydrogen-bond donors (Lipinski definition) is 2. The summed E-state index contributed by atoms with van der Waals surface area (Å²) in [5.41, 5.74) is -0.0592. The van der Waals surface area contributed by atoms with Crippen molar-refractivity contribution < 1.29 is 9.90 Å². The Hall–Kier alpha value is -0.570. The van der Waals surface area contributed by atoms with Gasteiger partial charge in [0.2, 0.25) is 5.91 Å². The zero-order valence-corrected chi connectivity index (χ0v) is 13.3. The van der Waals surface area contributed by atoms with Gasteiger partial charge in [-0.3, -0.25) is 4.79 Å². The molecule has 1 amide bonds. The highest BCUT2D eigenvalue weighted by Crippen LogP contribution is 2.50. The van der Waals surface area contributed by atoms with Gasteiger partial charge >= 0.3 is 0 Å². The van der Waals surface area contributed by atoms with Crippen molar-refractivity contribution in [1.29, 1.82) is 0 Å². The van der Waals surface area contributed by atoms with Crippen molar-refractivity contribution >= 4 is 5.91 Å². The van der Waals surface area contributed by atoms with Gasteiger partial charge in [0.1, 0.15) is 0 Å². The largest absolute Gasteiger partial charge is 0.395 e. The van der Waals surface area contributed by atoms with E-state index >= 15 is 0 Å². The Kier molecular flexibility index (Phi) is 8.92. The SMILES string of the molecule is CCCCCCCCCCCC1(C(=O)NCCO)CC1. The molecular formula is C17H33NO2. The van der Waals surface area contributed by atoms with Crippen LogP contribution >= 0.6 is 0 Å². The first kappa shape index (κ1) is 17.5. The molecular weight excluding hydrogens is 250 g/mol. The maximum atomic E-state index is 11.9. The highest BCUT2D eigenvalue weighted by Gasteiger charge is 2.48. The first-order valence-corrected chi connectivity index (χ1v) is 8.64. The zero-order chi connectivity index (χ0) is 14.7. The Bertz CT molecular complexity index is 262. The lowest BCUT2D eigenvalue weighted by molar-refractivity contribution is -0.126. The summed E-state index contributed by atoms with van der Waals surface area (Å²) in [6.45, 7) is 2.70. The van der Waals surface area contributed by atoms with Gasteiger partial charge < -0.3 is 10.4 Å². The molecule has 0 atom stereocenters. The normalized spacial score (nSPS) is 16.1. The van der Waals surface area contributed by atoms with Gasteiger partial charge in [-0.25, -0.2) is 0 Å². The summed E-state index contributed by atoms with van der Waals surface area (Å²) in [5, 5.41) is 11.6. The van der Waals surface area contributed by atoms with Gasteiger partial charge in [-0.2, -0.15) is 0 Å². The van der Waals surface area contributed by atoms with Crippen LogP contribution in [0.15, 0.2) is 0 Å². The molecule has 1 rings (SSSR count). The lowest BCUT2D eigenvalue weighted by atomic mass is 9.96. The molecule has 118 valence electrons. The molecule has 0 spiro atoms. The van der Waals surface area contributed by atoms with Crippen molar-refractivity contribution in [2.45, 2.75) is 84.0 Å². The Morgan fingerprint density at radius 1 is 1.00 bits per heavy atom. The molecule has 0 aromatic carbocycles. The van der Waals surface area contributed by atoms with Gasteiger partial charge in [0, 0.05) is 12.0 Å². The average molecular weight is 283 g/mol. The summed E-state index contributed by atoms with van der Waals surface area (Å²) >= 11 is 0. The number of aliphatic hydroxyl groups excluding tert-OH is 1. The van der Waals surface area contributed by atoms with Crippen molar-refractivity contribution in [1.82, 2.24) is 5.32 Å². The lowest BCUT2D eigenvalue weighted by Crippen LogP contribution is -2.33. The first-order valence-electron chi connectivity index (χ1n) is 8.64. The summed E-state index contributed by atoms with van der Waals surface area (Å²) < 4.78 is 0. The van der Waals surface area contributed by atoms with Gasteiger partial charge in [-0.15, -0.1) is 0 Å². The van der Waals surface area contributed by atoms with Crippen LogP contribution in [-0.4, -0.2) is 24.2 Å². The number of hydrogen-bond acceptors (Lipinski definition) is 2. The fourth-order valence-electron chi connectivity index (χ4n) is 2.87. The van der Waals surface area contributed by atoms with Crippen molar-refractivity contribution in [3.05, 3.63) is 0 Å². The number of rotatable bonds is 13. The van der Waals surface area contributed by atoms with E-state index in [0.29, 0.717) is 6.54 Å². The highest BCUT2D eigenvalue weighted by molar-refractivity contribution is 5.85. The second-order valence-electron chi connectivity index (χ2n) is 6.34. The summed E-state index contributed by atoms with van der Waals surface area (Å²) in [4.78, 5) is 11.9. The standard InChI is InChI=1S/C17H33NO2/c1-2-3-4-5-6-7-8-9-10-11-17(12-13-17)16(20)18-14-15-19/h19H,2-15H2,1H3,(H,18,20). The number of unbranched alkanes of at least 4 members (excludes halogenated alkanes) is 8. The van der Waals surface area contributed by atoms with E-state index in [2.05, 4.69) is 12.2 Å². The van der Waals surface area contributed by atoms with Crippen LogP contribution in [0.3, 0.4) is 0 Å². The summed E-state index contributed by atoms with van der Waals surface area (Å²) in [5.74, 6) is 0.172. The lowest BCUT2D eigenvalue weighted by Gasteiger charge is -2.14. The molecule has 0 radical (unpaired) electrons. The molecule has 0 unspecified atom stereocenters. The van der Waals surface area contributed by atoms with Gasteiger partial charge in [-0.05, 0) is 19.3 Å². The fraction of sp³-hybridized carbons (Fsp3) is 0.941. The molecule has 3 heteroatoms. The van der Waals surface area contributed by atoms with Crippen LogP contribution in [0.4, 0.5) is 0 Å². The van der Waals surface area contributed by atoms with Crippen molar-refractivity contribution in [2.75, 3.05) is 13.2 Å². The first-order chi connectivity index (χ1) is 9.75. The number of amides is 1. The molecule has 0 aliphatic heterocycles. The van der Waals surface area contributed by atoms with Crippen LogP contribution in [0.25, 0.3) is 0 Å². The summed E-state index contributed by atoms with van der Waals surface area (Å²) in [7, 11) is 0. The van der Waals surface area contributed by atoms with E-state index < -0.39 is 0 Å². The van der Waals surface area contributed by atoms with E-state index in [-0.39, 0.29) is 17.9 Å². The van der Waals surface area contributed by atoms with Crippen LogP contribution in [-0.2, 0) is 4.79 Å². The molecule has 20 heavy (non-hydrogen) atoms. The maximum Gasteiger partial charge on any atom is 0.226 e. The Balaban J connectivity index is 1.94. The zero-order valence-electron chi connectivity index (χ0n) is 13.3. The molecule has 2 N–H and O–H groups in total. The monoisotopic (exact) mass is 283 g/mol. The average Bonchev–Trinajstić information content (AvgIpc) is 3.24. The van der Waals surface area contributed by atoms with Crippen LogP contribution in [0.1, 0.15) is 84.0 Å². The second-order valence-corrected chi connectivity index (χ2v) is 6.34. The minimum Gasteiger partial charge on any atom is -0.395 e. The quantitative estimate of drug-likeness (QED) is 0.505. The molecule has 0 aromatic heterocycles. The van der Waals surface area contributed by atoms with Gasteiger partial charge in [-0.1, -0.05) is 64.7 Å². The third kappa shape index (κ3) is 6.74. The van der Waals surface area contributed by atoms with Gasteiger partial charge in [0.25, 0.3) is 0 Å². The molecule has 0 bridgehead atoms. The van der Waals surface area contributed by atoms with Gasteiger partial charge in [0.15, 0.2) is 0 Å². The third-order valence-electron chi connectivity index (χ3n) is 4.49. The van der Waals surface area contributed by atoms with Crippen LogP contribution in [0, 0.1) is 5.41 Å². The van der Waals surface area contributed by atoms with Crippen LogP contribution in [0.5, 0.6) is 0 Å². The fourth-order valence-corrected chi connectivity index (χ4v) is 2.87. The molecule has 1 aliphatic carbocycles. The van der Waals surface area contributed by atoms with E-state index in [4.69, 9.17) is 5.11 Å². The number of carbonyl (C=O) groups is 1. The van der Waals surface area contributed by atoms with Crippen molar-refractivity contribution in [3.63, 3.8) is 0 Å². The molecule has 3 nitrogen and oxygen atoms in total. The Morgan fingerprint density at radius 3 is 2.05 bits per heavy atom. The minimum absolute atomic E-state index is 0.0415. The smallest absolute Gasteiger partial charge is 0.226 e. The maximum absolute atomic E-state index is 11.9. The van der Waals surface area contributed by atoms with Crippen LogP contribution < -0.4 is 5.32 Å². The van der Waals surface area contributed by atoms with E-state index in [0.717, 1.165) is 19.3 Å². The summed E-state index contributed by atoms with van der Waals surface area (Å²) in [6.07, 6.45) is 15.1. The molecule has 1 saturated carbocycles. The number of nitrogens with one attached hydrogen (secondary N) is 1. The predicted molar refractivity (Wildman–Crippen MR) is 83.6 cm³/mol. The van der Waals surface area contributed by atoms with Gasteiger partial charge in [0.05, 0.1) is 6.61 Å².